The summed E-state index contributed by atoms with van der Waals surface area (Å²) in [5, 5.41) is 0. The largest absolute Gasteiger partial charge is 0 e. The molecule has 0 amide bonds. The van der Waals surface area contributed by atoms with Crippen LogP contribution in [0.25, 0.3) is 0 Å². The van der Waals surface area contributed by atoms with Crippen molar-refractivity contribution in [3.05, 3.63) is 0 Å². The fraction of sp³-hybridized carbons (Fsp3) is 0. The second-order valence-corrected chi connectivity index (χ2v) is 0. The van der Waals surface area contributed by atoms with Gasteiger partial charge in [0.15, 0.2) is 0 Å². The van der Waals surface area contributed by atoms with E-state index in [9.17, 15) is 0 Å². The van der Waals surface area contributed by atoms with Crippen LogP contribution in [0.2, 0.25) is 0 Å². The number of hydrogen-bond donors (Lipinski definition) is 0. The van der Waals surface area contributed by atoms with Gasteiger partial charge in [-0.3, -0.25) is 0 Å². The summed E-state index contributed by atoms with van der Waals surface area (Å²) in [7, 11) is 0. The summed E-state index contributed by atoms with van der Waals surface area (Å²) in [6, 6.07) is 0. The predicted molar refractivity (Wildman–Crippen MR) is 0 cm³/mol. The van der Waals surface area contributed by atoms with E-state index in [2.05, 4.69) is 0 Å². The van der Waals surface area contributed by atoms with Crippen LogP contribution < -0.4 is 0 Å². The summed E-state index contributed by atoms with van der Waals surface area (Å²) >= 11 is 0. The van der Waals surface area contributed by atoms with E-state index in [1.165, 1.54) is 0 Å². The molecular weight excluding hydrogens is 1130 g/mol. The monoisotopic (exact) mass is 1130 g/mol. The number of rotatable bonds is 0. The molecule has 7 heteroatoms. The second kappa shape index (κ2) is 40.4. The van der Waals surface area contributed by atoms with Crippen molar-refractivity contribution in [2.45, 2.75) is 0 Å². The first-order valence-corrected chi connectivity index (χ1v) is 0. The Labute approximate surface area is 173 Å². The third-order valence-electron chi connectivity index (χ3n) is 0. The van der Waals surface area contributed by atoms with Gasteiger partial charge in [-0.05, 0) is 0 Å². The van der Waals surface area contributed by atoms with E-state index in [0.29, 0.717) is 0 Å². The molecule has 0 atom stereocenters. The molecule has 7 heavy (non-hydrogen) atoms. The van der Waals surface area contributed by atoms with E-state index in [0.717, 1.165) is 0 Å². The Kier molecular flexibility index (Phi) is 301. The van der Waals surface area contributed by atoms with Crippen LogP contribution >= 0.6 is 0 Å². The Balaban J connectivity index is 0. The molecule has 0 aliphatic rings. The molecule has 0 spiro atoms. The molecule has 0 nitrogen and oxygen atoms in total. The Hall–Kier alpha value is 5.96. The van der Waals surface area contributed by atoms with Crippen molar-refractivity contribution in [1.29, 1.82) is 0 Å². The molecule has 0 saturated heterocycles. The third-order valence-corrected chi connectivity index (χ3v) is 0. The molecule has 0 aromatic carbocycles. The maximum absolute atomic E-state index is 0. The van der Waals surface area contributed by atoms with Crippen LogP contribution in [-0.2, 0) is 178 Å². The molecular formula is Ag3Hg4. The molecule has 0 aromatic rings. The first kappa shape index (κ1) is 52.2. The van der Waals surface area contributed by atoms with Crippen LogP contribution in [0.3, 0.4) is 0 Å². The topological polar surface area (TPSA) is 0 Å². The van der Waals surface area contributed by atoms with Crippen LogP contribution in [-0.4, -0.2) is 0 Å². The molecule has 0 bridgehead atoms. The summed E-state index contributed by atoms with van der Waals surface area (Å²) in [5.74, 6) is 0. The minimum absolute atomic E-state index is 0. The molecule has 0 rings (SSSR count). The van der Waals surface area contributed by atoms with E-state index < -0.39 is 0 Å². The zero-order valence-electron chi connectivity index (χ0n) is 3.73. The molecule has 0 saturated carbocycles. The Morgan fingerprint density at radius 3 is 0.286 bits per heavy atom. The zero-order chi connectivity index (χ0) is 0. The van der Waals surface area contributed by atoms with Gasteiger partial charge < -0.3 is 0 Å². The van der Waals surface area contributed by atoms with Gasteiger partial charge in [0.2, 0.25) is 0 Å². The summed E-state index contributed by atoms with van der Waals surface area (Å²) in [4.78, 5) is 0. The van der Waals surface area contributed by atoms with Gasteiger partial charge in [0.25, 0.3) is 0 Å². The van der Waals surface area contributed by atoms with Crippen LogP contribution in [0.15, 0.2) is 0 Å². The van der Waals surface area contributed by atoms with E-state index >= 15 is 0 Å². The van der Waals surface area contributed by atoms with Gasteiger partial charge in [0.1, 0.15) is 0 Å². The molecule has 0 N–H and O–H groups in total. The second-order valence-electron chi connectivity index (χ2n) is 0. The van der Waals surface area contributed by atoms with E-state index in [1.807, 2.05) is 0 Å². The molecule has 0 aliphatic heterocycles. The van der Waals surface area contributed by atoms with Crippen molar-refractivity contribution in [3.63, 3.8) is 0 Å². The van der Waals surface area contributed by atoms with Crippen molar-refractivity contribution < 1.29 is 178 Å². The fourth-order valence-electron chi connectivity index (χ4n) is 0. The minimum Gasteiger partial charge on any atom is 0 e. The van der Waals surface area contributed by atoms with Gasteiger partial charge in [-0.25, -0.2) is 0 Å². The SMILES string of the molecule is [Ag].[Ag].[Ag].[Hg].[Hg].[Hg].[Hg]. The van der Waals surface area contributed by atoms with Crippen molar-refractivity contribution >= 4 is 0 Å². The van der Waals surface area contributed by atoms with Gasteiger partial charge in [-0.2, -0.15) is 0 Å². The third kappa shape index (κ3) is 33.4. The summed E-state index contributed by atoms with van der Waals surface area (Å²) < 4.78 is 0. The summed E-state index contributed by atoms with van der Waals surface area (Å²) in [6.45, 7) is 0. The molecule has 0 aromatic heterocycles. The van der Waals surface area contributed by atoms with Crippen molar-refractivity contribution in [2.75, 3.05) is 0 Å². The quantitative estimate of drug-likeness (QED) is 0.300. The molecule has 0 unspecified atom stereocenters. The van der Waals surface area contributed by atoms with E-state index in [-0.39, 0.29) is 178 Å². The summed E-state index contributed by atoms with van der Waals surface area (Å²) in [5.41, 5.74) is 0. The predicted octanol–water partition coefficient (Wildman–Crippen LogP) is -0.0175. The molecule has 3 radical (unpaired) electrons. The summed E-state index contributed by atoms with van der Waals surface area (Å²) in [6.07, 6.45) is 0. The molecule has 0 aliphatic carbocycles. The van der Waals surface area contributed by atoms with Gasteiger partial charge in [0, 0.05) is 178 Å². The van der Waals surface area contributed by atoms with Crippen LogP contribution in [0.1, 0.15) is 0 Å². The van der Waals surface area contributed by atoms with Crippen molar-refractivity contribution in [1.82, 2.24) is 0 Å². The maximum Gasteiger partial charge on any atom is 0 e. The van der Waals surface area contributed by atoms with Crippen LogP contribution in [0.5, 0.6) is 0 Å². The van der Waals surface area contributed by atoms with Gasteiger partial charge in [-0.1, -0.05) is 0 Å². The average molecular weight is 1130 g/mol. The first-order valence-electron chi connectivity index (χ1n) is 0. The minimum atomic E-state index is 0. The zero-order valence-corrected chi connectivity index (χ0v) is 30.2. The molecule has 41 valence electrons. The number of hydrogen-bond acceptors (Lipinski definition) is 0. The Morgan fingerprint density at radius 1 is 0.286 bits per heavy atom. The van der Waals surface area contributed by atoms with Gasteiger partial charge >= 0.3 is 0 Å². The van der Waals surface area contributed by atoms with Crippen molar-refractivity contribution in [3.8, 4) is 0 Å². The van der Waals surface area contributed by atoms with Crippen LogP contribution in [0.4, 0.5) is 0 Å². The van der Waals surface area contributed by atoms with Gasteiger partial charge in [-0.15, -0.1) is 0 Å². The Morgan fingerprint density at radius 2 is 0.286 bits per heavy atom. The smallest absolute Gasteiger partial charge is 0 e. The van der Waals surface area contributed by atoms with Crippen LogP contribution in [0, 0.1) is 0 Å². The normalized spacial score (nSPS) is 0. The first-order chi connectivity index (χ1) is 0. The molecule has 0 heterocycles. The Bertz CT molecular complexity index is 6.90. The van der Waals surface area contributed by atoms with E-state index in [1.54, 1.807) is 0 Å². The fourth-order valence-corrected chi connectivity index (χ4v) is 0. The van der Waals surface area contributed by atoms with Crippen molar-refractivity contribution in [2.24, 2.45) is 0 Å². The maximum atomic E-state index is 0. The van der Waals surface area contributed by atoms with E-state index in [4.69, 9.17) is 0 Å². The standard InChI is InChI=1S/3Ag.4Hg. The average Bonchev–Trinajstić information content (AvgIpc) is 0. The van der Waals surface area contributed by atoms with Gasteiger partial charge in [0.05, 0.1) is 0 Å². The molecule has 0 fully saturated rings.